The van der Waals surface area contributed by atoms with E-state index in [0.29, 0.717) is 57.5 Å². The second-order valence-corrected chi connectivity index (χ2v) is 10.2. The van der Waals surface area contributed by atoms with Gasteiger partial charge >= 0.3 is 0 Å². The van der Waals surface area contributed by atoms with Gasteiger partial charge in [0.2, 0.25) is 5.95 Å². The molecule has 1 fully saturated rings. The minimum atomic E-state index is -0.312. The highest BCUT2D eigenvalue weighted by atomic mass is 35.5. The fourth-order valence-corrected chi connectivity index (χ4v) is 5.33. The average Bonchev–Trinajstić information content (AvgIpc) is 3.40. The Balaban J connectivity index is 1.31. The molecule has 2 aliphatic heterocycles. The first-order valence-electron chi connectivity index (χ1n) is 13.2. The maximum atomic E-state index is 14.9. The van der Waals surface area contributed by atoms with Crippen LogP contribution in [0, 0.1) is 5.82 Å². The Hall–Kier alpha value is -4.15. The Morgan fingerprint density at radius 2 is 1.93 bits per heavy atom. The van der Waals surface area contributed by atoms with Crippen LogP contribution < -0.4 is 21.1 Å². The summed E-state index contributed by atoms with van der Waals surface area (Å²) in [5.41, 5.74) is 4.17. The zero-order chi connectivity index (χ0) is 27.8. The van der Waals surface area contributed by atoms with Crippen LogP contribution in [-0.4, -0.2) is 58.8 Å². The Labute approximate surface area is 235 Å². The van der Waals surface area contributed by atoms with E-state index in [1.165, 1.54) is 6.07 Å². The molecule has 0 radical (unpaired) electrons. The molecule has 40 heavy (non-hydrogen) atoms. The fourth-order valence-electron chi connectivity index (χ4n) is 5.05. The lowest BCUT2D eigenvalue weighted by atomic mass is 10.0. The smallest absolute Gasteiger partial charge is 0.260 e. The van der Waals surface area contributed by atoms with Crippen molar-refractivity contribution in [2.75, 3.05) is 42.9 Å². The van der Waals surface area contributed by atoms with E-state index in [9.17, 15) is 9.18 Å². The summed E-state index contributed by atoms with van der Waals surface area (Å²) in [7, 11) is 0. The SMILES string of the molecule is CCn1c(=O)c(-c2ccc(C3=NCC(C)=N3)cc2Cl)cc2cnc(Nc3ccc(N4CCNCC4)c(F)c3)nc21. The van der Waals surface area contributed by atoms with Gasteiger partial charge in [0.25, 0.3) is 5.56 Å². The number of halogens is 2. The van der Waals surface area contributed by atoms with Crippen molar-refractivity contribution in [1.29, 1.82) is 0 Å². The third kappa shape index (κ3) is 4.96. The number of benzene rings is 2. The predicted molar refractivity (Wildman–Crippen MR) is 159 cm³/mol. The van der Waals surface area contributed by atoms with Gasteiger partial charge in [-0.05, 0) is 44.2 Å². The molecule has 2 aromatic carbocycles. The average molecular weight is 559 g/mol. The van der Waals surface area contributed by atoms with Crippen LogP contribution in [0.15, 0.2) is 63.4 Å². The number of hydrogen-bond donors (Lipinski definition) is 2. The van der Waals surface area contributed by atoms with Gasteiger partial charge in [0.05, 0.1) is 12.2 Å². The standard InChI is InChI=1S/C29H28ClFN8O/c1-3-39-27-19(12-22(28(39)40)21-6-4-18(13-23(21)30)26-33-15-17(2)35-26)16-34-29(37-27)36-20-5-7-25(24(31)14-20)38-10-8-32-9-11-38/h4-7,12-14,16,32H,3,8-11,15H2,1-2H3,(H,34,36,37). The number of rotatable bonds is 6. The predicted octanol–water partition coefficient (Wildman–Crippen LogP) is 4.65. The van der Waals surface area contributed by atoms with Gasteiger partial charge in [0.15, 0.2) is 5.84 Å². The summed E-state index contributed by atoms with van der Waals surface area (Å²) >= 11 is 6.66. The van der Waals surface area contributed by atoms with Crippen molar-refractivity contribution in [2.24, 2.45) is 9.98 Å². The van der Waals surface area contributed by atoms with Crippen LogP contribution in [-0.2, 0) is 6.54 Å². The molecule has 0 unspecified atom stereocenters. The Morgan fingerprint density at radius 3 is 2.62 bits per heavy atom. The first kappa shape index (κ1) is 26.1. The number of pyridine rings is 1. The van der Waals surface area contributed by atoms with Gasteiger partial charge in [-0.1, -0.05) is 23.7 Å². The molecular formula is C29H28ClFN8O. The lowest BCUT2D eigenvalue weighted by molar-refractivity contribution is 0.566. The number of nitrogens with one attached hydrogen (secondary N) is 2. The van der Waals surface area contributed by atoms with Crippen molar-refractivity contribution in [3.63, 3.8) is 0 Å². The highest BCUT2D eigenvalue weighted by Crippen LogP contribution is 2.30. The molecule has 204 valence electrons. The van der Waals surface area contributed by atoms with Crippen LogP contribution in [0.3, 0.4) is 0 Å². The molecule has 2 aromatic heterocycles. The first-order chi connectivity index (χ1) is 19.4. The van der Waals surface area contributed by atoms with Crippen molar-refractivity contribution in [2.45, 2.75) is 20.4 Å². The van der Waals surface area contributed by atoms with E-state index >= 15 is 0 Å². The third-order valence-corrected chi connectivity index (χ3v) is 7.39. The van der Waals surface area contributed by atoms with E-state index in [1.54, 1.807) is 35.0 Å². The molecular weight excluding hydrogens is 531 g/mol. The summed E-state index contributed by atoms with van der Waals surface area (Å²) in [5.74, 6) is 0.599. The van der Waals surface area contributed by atoms with E-state index in [4.69, 9.17) is 11.6 Å². The van der Waals surface area contributed by atoms with E-state index < -0.39 is 0 Å². The molecule has 0 atom stereocenters. The topological polar surface area (TPSA) is 99.8 Å². The lowest BCUT2D eigenvalue weighted by Gasteiger charge is -2.29. The van der Waals surface area contributed by atoms with Crippen molar-refractivity contribution in [3.8, 4) is 11.1 Å². The monoisotopic (exact) mass is 558 g/mol. The van der Waals surface area contributed by atoms with Gasteiger partial charge < -0.3 is 15.5 Å². The minimum absolute atomic E-state index is 0.215. The van der Waals surface area contributed by atoms with E-state index in [2.05, 4.69) is 30.6 Å². The molecule has 2 N–H and O–H groups in total. The molecule has 1 saturated heterocycles. The number of nitrogens with zero attached hydrogens (tertiary/aromatic N) is 6. The van der Waals surface area contributed by atoms with Gasteiger partial charge in [-0.2, -0.15) is 4.98 Å². The molecule has 6 rings (SSSR count). The maximum absolute atomic E-state index is 14.9. The van der Waals surface area contributed by atoms with Crippen LogP contribution in [0.1, 0.15) is 19.4 Å². The summed E-state index contributed by atoms with van der Waals surface area (Å²) < 4.78 is 16.5. The van der Waals surface area contributed by atoms with Gasteiger partial charge in [0, 0.05) is 77.4 Å². The summed E-state index contributed by atoms with van der Waals surface area (Å²) in [6.45, 7) is 7.95. The van der Waals surface area contributed by atoms with E-state index in [1.807, 2.05) is 30.9 Å². The normalized spacial score (nSPS) is 15.3. The van der Waals surface area contributed by atoms with Crippen molar-refractivity contribution in [3.05, 3.63) is 75.4 Å². The highest BCUT2D eigenvalue weighted by Gasteiger charge is 2.18. The van der Waals surface area contributed by atoms with Crippen molar-refractivity contribution < 1.29 is 4.39 Å². The van der Waals surface area contributed by atoms with Gasteiger partial charge in [-0.25, -0.2) is 14.4 Å². The second kappa shape index (κ2) is 10.8. The Kier molecular flexibility index (Phi) is 7.03. The minimum Gasteiger partial charge on any atom is -0.367 e. The van der Waals surface area contributed by atoms with Crippen molar-refractivity contribution >= 4 is 51.5 Å². The lowest BCUT2D eigenvalue weighted by Crippen LogP contribution is -2.43. The number of aromatic nitrogens is 3. The Morgan fingerprint density at radius 1 is 1.10 bits per heavy atom. The summed E-state index contributed by atoms with van der Waals surface area (Å²) in [5, 5.41) is 7.47. The number of aliphatic imine (C=N–C) groups is 2. The second-order valence-electron chi connectivity index (χ2n) is 9.79. The summed E-state index contributed by atoms with van der Waals surface area (Å²) in [6, 6.07) is 12.2. The molecule has 0 aliphatic carbocycles. The van der Waals surface area contributed by atoms with Crippen LogP contribution in [0.2, 0.25) is 5.02 Å². The number of hydrogen-bond acceptors (Lipinski definition) is 8. The molecule has 0 bridgehead atoms. The Bertz CT molecular complexity index is 1740. The van der Waals surface area contributed by atoms with Crippen LogP contribution >= 0.6 is 11.6 Å². The van der Waals surface area contributed by atoms with Crippen molar-refractivity contribution in [1.82, 2.24) is 19.9 Å². The largest absolute Gasteiger partial charge is 0.367 e. The molecule has 0 saturated carbocycles. The molecule has 4 heterocycles. The number of fused-ring (bicyclic) bond motifs is 1. The quantitative estimate of drug-likeness (QED) is 0.357. The molecule has 2 aliphatic rings. The molecule has 0 spiro atoms. The molecule has 4 aromatic rings. The number of anilines is 3. The van der Waals surface area contributed by atoms with Crippen LogP contribution in [0.5, 0.6) is 0 Å². The summed E-state index contributed by atoms with van der Waals surface area (Å²) in [6.07, 6.45) is 1.65. The van der Waals surface area contributed by atoms with Gasteiger partial charge in [-0.15, -0.1) is 0 Å². The molecule has 0 amide bonds. The fraction of sp³-hybridized carbons (Fsp3) is 0.276. The molecule has 11 heteroatoms. The number of piperazine rings is 1. The highest BCUT2D eigenvalue weighted by molar-refractivity contribution is 6.34. The maximum Gasteiger partial charge on any atom is 0.260 e. The van der Waals surface area contributed by atoms with E-state index in [0.717, 1.165) is 37.5 Å². The zero-order valence-electron chi connectivity index (χ0n) is 22.2. The van der Waals surface area contributed by atoms with Crippen LogP contribution in [0.4, 0.5) is 21.7 Å². The summed E-state index contributed by atoms with van der Waals surface area (Å²) in [4.78, 5) is 33.5. The number of aryl methyl sites for hydroxylation is 1. The van der Waals surface area contributed by atoms with E-state index in [-0.39, 0.29) is 17.3 Å². The first-order valence-corrected chi connectivity index (χ1v) is 13.6. The van der Waals surface area contributed by atoms with Crippen LogP contribution in [0.25, 0.3) is 22.2 Å². The third-order valence-electron chi connectivity index (χ3n) is 7.08. The van der Waals surface area contributed by atoms with Gasteiger partial charge in [-0.3, -0.25) is 14.4 Å². The van der Waals surface area contributed by atoms with Gasteiger partial charge in [0.1, 0.15) is 11.5 Å². The molecule has 9 nitrogen and oxygen atoms in total. The zero-order valence-corrected chi connectivity index (χ0v) is 23.0. The number of amidine groups is 1.